The monoisotopic (exact) mass is 407 g/mol. The third-order valence-electron chi connectivity index (χ3n) is 4.04. The van der Waals surface area contributed by atoms with Crippen molar-refractivity contribution in [1.29, 1.82) is 0 Å². The van der Waals surface area contributed by atoms with E-state index in [9.17, 15) is 26.7 Å². The van der Waals surface area contributed by atoms with Gasteiger partial charge in [0.05, 0.1) is 13.7 Å². The van der Waals surface area contributed by atoms with E-state index in [1.165, 1.54) is 0 Å². The molecule has 1 atom stereocenters. The summed E-state index contributed by atoms with van der Waals surface area (Å²) in [5.41, 5.74) is -0.871. The minimum atomic E-state index is -4.89. The third kappa shape index (κ3) is 4.12. The minimum Gasteiger partial charge on any atom is -0.368 e. The summed E-state index contributed by atoms with van der Waals surface area (Å²) in [4.78, 5) is 20.3. The molecule has 1 saturated heterocycles. The Balaban J connectivity index is 1.83. The number of benzene rings is 1. The van der Waals surface area contributed by atoms with Crippen LogP contribution in [0.1, 0.15) is 24.3 Å². The first kappa shape index (κ1) is 20.1. The lowest BCUT2D eigenvalue weighted by atomic mass is 10.1. The van der Waals surface area contributed by atoms with Gasteiger partial charge in [-0.3, -0.25) is 9.63 Å². The molecule has 12 heteroatoms. The fourth-order valence-electron chi connectivity index (χ4n) is 2.65. The van der Waals surface area contributed by atoms with Crippen LogP contribution in [0.3, 0.4) is 0 Å². The third-order valence-corrected chi connectivity index (χ3v) is 4.04. The molecule has 1 aromatic heterocycles. The first-order valence-electron chi connectivity index (χ1n) is 8.07. The minimum absolute atomic E-state index is 0.354. The van der Waals surface area contributed by atoms with Crippen LogP contribution in [-0.4, -0.2) is 40.9 Å². The molecule has 0 radical (unpaired) electrons. The van der Waals surface area contributed by atoms with Gasteiger partial charge >= 0.3 is 12.1 Å². The van der Waals surface area contributed by atoms with Crippen molar-refractivity contribution in [1.82, 2.24) is 15.2 Å². The van der Waals surface area contributed by atoms with Crippen molar-refractivity contribution in [2.75, 3.05) is 13.7 Å². The van der Waals surface area contributed by atoms with Crippen molar-refractivity contribution in [2.45, 2.75) is 31.7 Å². The first-order valence-corrected chi connectivity index (χ1v) is 8.07. The molecule has 1 aromatic carbocycles. The maximum Gasteiger partial charge on any atom is 0.471 e. The van der Waals surface area contributed by atoms with E-state index in [1.807, 2.05) is 0 Å². The van der Waals surface area contributed by atoms with Crippen LogP contribution >= 0.6 is 0 Å². The number of rotatable bonds is 5. The molecule has 2 aromatic rings. The predicted molar refractivity (Wildman–Crippen MR) is 81.2 cm³/mol. The average molecular weight is 407 g/mol. The predicted octanol–water partition coefficient (Wildman–Crippen LogP) is 3.10. The van der Waals surface area contributed by atoms with Crippen LogP contribution in [0.2, 0.25) is 0 Å². The van der Waals surface area contributed by atoms with E-state index in [2.05, 4.69) is 14.7 Å². The van der Waals surface area contributed by atoms with Crippen LogP contribution in [0.4, 0.5) is 22.0 Å². The van der Waals surface area contributed by atoms with Gasteiger partial charge in [-0.15, -0.1) is 0 Å². The van der Waals surface area contributed by atoms with Gasteiger partial charge in [-0.05, 0) is 25.0 Å². The van der Waals surface area contributed by atoms with Crippen LogP contribution in [0, 0.1) is 11.6 Å². The number of amides is 1. The first-order chi connectivity index (χ1) is 13.2. The number of ether oxygens (including phenoxy) is 1. The molecule has 0 spiro atoms. The van der Waals surface area contributed by atoms with Gasteiger partial charge in [0.25, 0.3) is 5.91 Å². The highest BCUT2D eigenvalue weighted by Crippen LogP contribution is 2.30. The number of hydrogen-bond acceptors (Lipinski definition) is 6. The second-order valence-electron chi connectivity index (χ2n) is 5.90. The van der Waals surface area contributed by atoms with Crippen LogP contribution in [0.25, 0.3) is 11.4 Å². The fourth-order valence-corrected chi connectivity index (χ4v) is 2.65. The zero-order valence-corrected chi connectivity index (χ0v) is 14.4. The number of hydrogen-bond donors (Lipinski definition) is 0. The molecule has 7 nitrogen and oxygen atoms in total. The molecule has 3 rings (SSSR count). The summed E-state index contributed by atoms with van der Waals surface area (Å²) in [6.45, 7) is -0.164. The van der Waals surface area contributed by atoms with E-state index in [1.54, 1.807) is 0 Å². The maximum atomic E-state index is 14.4. The van der Waals surface area contributed by atoms with Gasteiger partial charge in [0, 0.05) is 17.7 Å². The van der Waals surface area contributed by atoms with Gasteiger partial charge in [0.2, 0.25) is 5.82 Å². The molecular weight excluding hydrogens is 393 g/mol. The summed E-state index contributed by atoms with van der Waals surface area (Å²) in [5.74, 6) is -5.09. The fraction of sp³-hybridized carbons (Fsp3) is 0.438. The van der Waals surface area contributed by atoms with E-state index in [0.29, 0.717) is 19.4 Å². The molecule has 28 heavy (non-hydrogen) atoms. The summed E-state index contributed by atoms with van der Waals surface area (Å²) >= 11 is 0. The molecule has 152 valence electrons. The van der Waals surface area contributed by atoms with Gasteiger partial charge in [0.15, 0.2) is 0 Å². The van der Waals surface area contributed by atoms with Gasteiger partial charge in [-0.25, -0.2) is 13.8 Å². The lowest BCUT2D eigenvalue weighted by molar-refractivity contribution is -0.189. The van der Waals surface area contributed by atoms with E-state index in [0.717, 1.165) is 24.3 Å². The van der Waals surface area contributed by atoms with Crippen molar-refractivity contribution in [2.24, 2.45) is 0 Å². The average Bonchev–Trinajstić information content (AvgIpc) is 3.32. The zero-order chi connectivity index (χ0) is 20.5. The Morgan fingerprint density at radius 1 is 1.32 bits per heavy atom. The Morgan fingerprint density at radius 2 is 2.00 bits per heavy atom. The Labute approximate surface area is 155 Å². The smallest absolute Gasteiger partial charge is 0.368 e. The molecule has 1 fully saturated rings. The number of aromatic nitrogens is 2. The Hall–Kier alpha value is -2.60. The number of halogens is 5. The summed E-state index contributed by atoms with van der Waals surface area (Å²) in [6.07, 6.45) is -4.51. The summed E-state index contributed by atoms with van der Waals surface area (Å²) in [5, 5.41) is 3.83. The van der Waals surface area contributed by atoms with E-state index in [-0.39, 0.29) is 5.56 Å². The van der Waals surface area contributed by atoms with E-state index >= 15 is 0 Å². The summed E-state index contributed by atoms with van der Waals surface area (Å²) < 4.78 is 75.6. The lowest BCUT2D eigenvalue weighted by Crippen LogP contribution is -2.38. The van der Waals surface area contributed by atoms with Crippen molar-refractivity contribution in [3.05, 3.63) is 35.2 Å². The molecule has 1 amide bonds. The summed E-state index contributed by atoms with van der Waals surface area (Å²) in [6, 6.07) is 1.49. The number of nitrogens with zero attached hydrogens (tertiary/aromatic N) is 3. The van der Waals surface area contributed by atoms with Crippen LogP contribution in [0.15, 0.2) is 16.7 Å². The number of alkyl halides is 3. The largest absolute Gasteiger partial charge is 0.471 e. The molecule has 1 unspecified atom stereocenters. The van der Waals surface area contributed by atoms with E-state index < -0.39 is 53.6 Å². The Morgan fingerprint density at radius 3 is 2.50 bits per heavy atom. The van der Waals surface area contributed by atoms with Crippen molar-refractivity contribution in [3.8, 4) is 11.4 Å². The Kier molecular flexibility index (Phi) is 5.61. The standard InChI is InChI=1S/C16H14F5N3O4/c1-26-24(14(25)12-3-2-4-27-12)7-9-10(17)5-8(6-11(9)18)13-22-15(28-23-13)16(19,20)21/h5-6,12H,2-4,7H2,1H3. The molecule has 0 aliphatic carbocycles. The molecule has 0 saturated carbocycles. The topological polar surface area (TPSA) is 77.7 Å². The highest BCUT2D eigenvalue weighted by Gasteiger charge is 2.38. The lowest BCUT2D eigenvalue weighted by Gasteiger charge is -2.23. The van der Waals surface area contributed by atoms with Gasteiger partial charge in [-0.2, -0.15) is 18.2 Å². The molecule has 0 N–H and O–H groups in total. The highest BCUT2D eigenvalue weighted by atomic mass is 19.4. The molecular formula is C16H14F5N3O4. The molecule has 2 heterocycles. The SMILES string of the molecule is CON(Cc1c(F)cc(-c2noc(C(F)(F)F)n2)cc1F)C(=O)C1CCCO1. The van der Waals surface area contributed by atoms with E-state index in [4.69, 9.17) is 9.57 Å². The second kappa shape index (κ2) is 7.80. The normalized spacial score (nSPS) is 17.1. The van der Waals surface area contributed by atoms with Crippen LogP contribution < -0.4 is 0 Å². The van der Waals surface area contributed by atoms with Crippen LogP contribution in [0.5, 0.6) is 0 Å². The van der Waals surface area contributed by atoms with Gasteiger partial charge < -0.3 is 9.26 Å². The van der Waals surface area contributed by atoms with Crippen LogP contribution in [-0.2, 0) is 27.1 Å². The Bertz CT molecular complexity index is 841. The van der Waals surface area contributed by atoms with Gasteiger partial charge in [-0.1, -0.05) is 5.16 Å². The molecule has 1 aliphatic heterocycles. The quantitative estimate of drug-likeness (QED) is 0.560. The number of hydroxylamine groups is 2. The van der Waals surface area contributed by atoms with Crippen molar-refractivity contribution < 1.29 is 40.8 Å². The van der Waals surface area contributed by atoms with Crippen molar-refractivity contribution >= 4 is 5.91 Å². The summed E-state index contributed by atoms with van der Waals surface area (Å²) in [7, 11) is 1.16. The second-order valence-corrected chi connectivity index (χ2v) is 5.90. The zero-order valence-electron chi connectivity index (χ0n) is 14.4. The molecule has 0 bridgehead atoms. The highest BCUT2D eigenvalue weighted by molar-refractivity contribution is 5.80. The number of carbonyl (C=O) groups is 1. The van der Waals surface area contributed by atoms with Gasteiger partial charge in [0.1, 0.15) is 17.7 Å². The molecule has 1 aliphatic rings. The van der Waals surface area contributed by atoms with Crippen molar-refractivity contribution in [3.63, 3.8) is 0 Å². The maximum absolute atomic E-state index is 14.4. The number of carbonyl (C=O) groups excluding carboxylic acids is 1.